The second kappa shape index (κ2) is 5.83. The van der Waals surface area contributed by atoms with E-state index < -0.39 is 32.4 Å². The van der Waals surface area contributed by atoms with Crippen LogP contribution in [0, 0.1) is 11.6 Å². The average Bonchev–Trinajstić information content (AvgIpc) is 2.34. The first-order chi connectivity index (χ1) is 9.01. The molecule has 1 aromatic carbocycles. The smallest absolute Gasteiger partial charge is 0.322 e. The van der Waals surface area contributed by atoms with Crippen molar-refractivity contribution in [2.45, 2.75) is 43.1 Å². The number of esters is 1. The molecule has 0 bridgehead atoms. The summed E-state index contributed by atoms with van der Waals surface area (Å²) in [4.78, 5) is 12.1. The number of alkyl halides is 1. The quantitative estimate of drug-likeness (QED) is 0.473. The highest BCUT2D eigenvalue weighted by Crippen LogP contribution is 2.33. The van der Waals surface area contributed by atoms with Crippen LogP contribution in [0.25, 0.3) is 0 Å². The number of phenolic OH excluding ortho intramolecular Hbond substituents is 1. The molecule has 1 N–H and O–H groups in total. The zero-order valence-corrected chi connectivity index (χ0v) is 13.9. The molecule has 0 aromatic heterocycles. The zero-order chi connectivity index (χ0) is 15.7. The van der Waals surface area contributed by atoms with Crippen molar-refractivity contribution in [2.24, 2.45) is 0 Å². The summed E-state index contributed by atoms with van der Waals surface area (Å²) in [5.74, 6) is -3.67. The fourth-order valence-corrected chi connectivity index (χ4v) is 1.56. The standard InChI is InChI=1S/C14H17F2IO3/c1-5-14(4,17)12(19)20-13(2,3)8-6-9(15)11(18)10(16)7-8/h6-7,18H,5H2,1-4H3. The molecule has 1 unspecified atom stereocenters. The Bertz CT molecular complexity index is 504. The molecule has 0 spiro atoms. The van der Waals surface area contributed by atoms with Crippen LogP contribution in [0.2, 0.25) is 0 Å². The van der Waals surface area contributed by atoms with E-state index in [1.807, 2.05) is 29.5 Å². The van der Waals surface area contributed by atoms with E-state index in [0.29, 0.717) is 6.42 Å². The Morgan fingerprint density at radius 3 is 2.15 bits per heavy atom. The van der Waals surface area contributed by atoms with E-state index in [4.69, 9.17) is 9.84 Å². The van der Waals surface area contributed by atoms with Gasteiger partial charge in [-0.2, -0.15) is 0 Å². The van der Waals surface area contributed by atoms with Gasteiger partial charge < -0.3 is 9.84 Å². The van der Waals surface area contributed by atoms with Gasteiger partial charge in [-0.1, -0.05) is 29.5 Å². The second-order valence-corrected chi connectivity index (χ2v) is 7.62. The number of ether oxygens (including phenoxy) is 1. The molecule has 0 amide bonds. The minimum absolute atomic E-state index is 0.141. The van der Waals surface area contributed by atoms with Crippen molar-refractivity contribution >= 4 is 28.6 Å². The summed E-state index contributed by atoms with van der Waals surface area (Å²) < 4.78 is 31.4. The first-order valence-corrected chi connectivity index (χ1v) is 7.20. The van der Waals surface area contributed by atoms with Crippen molar-refractivity contribution in [3.8, 4) is 5.75 Å². The molecule has 0 aliphatic carbocycles. The Labute approximate surface area is 130 Å². The molecule has 0 saturated heterocycles. The normalized spacial score (nSPS) is 14.8. The molecule has 0 aliphatic heterocycles. The molecular weight excluding hydrogens is 381 g/mol. The van der Waals surface area contributed by atoms with Crippen LogP contribution in [0.3, 0.4) is 0 Å². The maximum Gasteiger partial charge on any atom is 0.322 e. The number of phenols is 1. The van der Waals surface area contributed by atoms with E-state index in [0.717, 1.165) is 12.1 Å². The maximum absolute atomic E-state index is 13.4. The Kier molecular flexibility index (Phi) is 4.99. The van der Waals surface area contributed by atoms with Crippen LogP contribution in [0.5, 0.6) is 5.75 Å². The molecular formula is C14H17F2IO3. The van der Waals surface area contributed by atoms with Gasteiger partial charge in [-0.25, -0.2) is 8.78 Å². The predicted molar refractivity (Wildman–Crippen MR) is 79.9 cm³/mol. The minimum Gasteiger partial charge on any atom is -0.503 e. The number of halogens is 3. The summed E-state index contributed by atoms with van der Waals surface area (Å²) >= 11 is 1.98. The fourth-order valence-electron chi connectivity index (χ4n) is 1.45. The fraction of sp³-hybridized carbons (Fsp3) is 0.500. The van der Waals surface area contributed by atoms with Crippen LogP contribution >= 0.6 is 22.6 Å². The summed E-state index contributed by atoms with van der Waals surface area (Å²) in [5, 5.41) is 9.09. The van der Waals surface area contributed by atoms with Crippen molar-refractivity contribution in [1.29, 1.82) is 0 Å². The van der Waals surface area contributed by atoms with E-state index in [1.54, 1.807) is 20.8 Å². The molecule has 0 saturated carbocycles. The minimum atomic E-state index is -1.20. The summed E-state index contributed by atoms with van der Waals surface area (Å²) in [7, 11) is 0. The summed E-state index contributed by atoms with van der Waals surface area (Å²) in [6.45, 7) is 6.65. The number of hydrogen-bond donors (Lipinski definition) is 1. The van der Waals surface area contributed by atoms with Gasteiger partial charge >= 0.3 is 5.97 Å². The van der Waals surface area contributed by atoms with E-state index >= 15 is 0 Å². The van der Waals surface area contributed by atoms with Crippen LogP contribution in [0.1, 0.15) is 39.7 Å². The Morgan fingerprint density at radius 2 is 1.75 bits per heavy atom. The van der Waals surface area contributed by atoms with Crippen molar-refractivity contribution in [2.75, 3.05) is 0 Å². The molecule has 1 aromatic rings. The molecule has 0 fully saturated rings. The third kappa shape index (κ3) is 3.59. The van der Waals surface area contributed by atoms with Gasteiger partial charge in [0.25, 0.3) is 0 Å². The average molecular weight is 398 g/mol. The third-order valence-corrected chi connectivity index (χ3v) is 4.35. The van der Waals surface area contributed by atoms with Gasteiger partial charge in [0.05, 0.1) is 0 Å². The summed E-state index contributed by atoms with van der Waals surface area (Å²) in [6, 6.07) is 1.92. The topological polar surface area (TPSA) is 46.5 Å². The largest absolute Gasteiger partial charge is 0.503 e. The predicted octanol–water partition coefficient (Wildman–Crippen LogP) is 4.05. The molecule has 0 aliphatic rings. The first-order valence-electron chi connectivity index (χ1n) is 6.12. The molecule has 1 atom stereocenters. The van der Waals surface area contributed by atoms with Crippen LogP contribution in [-0.2, 0) is 15.1 Å². The van der Waals surface area contributed by atoms with Crippen LogP contribution in [-0.4, -0.2) is 14.5 Å². The lowest BCUT2D eigenvalue weighted by Crippen LogP contribution is -2.36. The van der Waals surface area contributed by atoms with Gasteiger partial charge in [0.1, 0.15) is 9.02 Å². The van der Waals surface area contributed by atoms with Crippen molar-refractivity contribution in [3.63, 3.8) is 0 Å². The summed E-state index contributed by atoms with van der Waals surface area (Å²) in [6.07, 6.45) is 0.570. The van der Waals surface area contributed by atoms with E-state index in [1.165, 1.54) is 0 Å². The third-order valence-electron chi connectivity index (χ3n) is 3.15. The number of aromatic hydroxyl groups is 1. The molecule has 3 nitrogen and oxygen atoms in total. The Balaban J connectivity index is 3.09. The van der Waals surface area contributed by atoms with Crippen molar-refractivity contribution in [3.05, 3.63) is 29.3 Å². The van der Waals surface area contributed by atoms with Crippen molar-refractivity contribution < 1.29 is 23.4 Å². The van der Waals surface area contributed by atoms with Gasteiger partial charge in [0.15, 0.2) is 17.4 Å². The van der Waals surface area contributed by atoms with Crippen LogP contribution < -0.4 is 0 Å². The molecule has 0 heterocycles. The van der Waals surface area contributed by atoms with Gasteiger partial charge in [0.2, 0.25) is 0 Å². The highest BCUT2D eigenvalue weighted by molar-refractivity contribution is 14.1. The lowest BCUT2D eigenvalue weighted by molar-refractivity contribution is -0.159. The molecule has 112 valence electrons. The monoisotopic (exact) mass is 398 g/mol. The molecule has 6 heteroatoms. The zero-order valence-electron chi connectivity index (χ0n) is 11.8. The highest BCUT2D eigenvalue weighted by atomic mass is 127. The van der Waals surface area contributed by atoms with Gasteiger partial charge in [-0.15, -0.1) is 0 Å². The lowest BCUT2D eigenvalue weighted by Gasteiger charge is -2.30. The van der Waals surface area contributed by atoms with Gasteiger partial charge in [0, 0.05) is 5.56 Å². The Morgan fingerprint density at radius 1 is 1.30 bits per heavy atom. The number of hydrogen-bond acceptors (Lipinski definition) is 3. The van der Waals surface area contributed by atoms with Crippen molar-refractivity contribution in [1.82, 2.24) is 0 Å². The Hall–Kier alpha value is -0.920. The highest BCUT2D eigenvalue weighted by Gasteiger charge is 2.36. The van der Waals surface area contributed by atoms with Gasteiger partial charge in [-0.05, 0) is 39.3 Å². The number of rotatable bonds is 4. The maximum atomic E-state index is 13.4. The summed E-state index contributed by atoms with van der Waals surface area (Å²) in [5.41, 5.74) is -1.06. The second-order valence-electron chi connectivity index (χ2n) is 5.24. The first kappa shape index (κ1) is 17.1. The van der Waals surface area contributed by atoms with E-state index in [-0.39, 0.29) is 5.56 Å². The molecule has 1 rings (SSSR count). The number of benzene rings is 1. The number of carbonyl (C=O) groups excluding carboxylic acids is 1. The van der Waals surface area contributed by atoms with Gasteiger partial charge in [-0.3, -0.25) is 4.79 Å². The van der Waals surface area contributed by atoms with E-state index in [2.05, 4.69) is 0 Å². The van der Waals surface area contributed by atoms with Crippen LogP contribution in [0.15, 0.2) is 12.1 Å². The van der Waals surface area contributed by atoms with E-state index in [9.17, 15) is 13.6 Å². The SMILES string of the molecule is CCC(C)(I)C(=O)OC(C)(C)c1cc(F)c(O)c(F)c1. The molecule has 20 heavy (non-hydrogen) atoms. The lowest BCUT2D eigenvalue weighted by atomic mass is 9.97. The molecule has 0 radical (unpaired) electrons. The number of carbonyl (C=O) groups is 1. The van der Waals surface area contributed by atoms with Crippen LogP contribution in [0.4, 0.5) is 8.78 Å².